The standard InChI is InChI=1S/C12H20BrN3/c1-3-16-12(11(13)8-15-16)9-5-4-6-10(7-9)14-2/h8-10,14H,3-7H2,1-2H3. The van der Waals surface area contributed by atoms with E-state index >= 15 is 0 Å². The molecule has 0 radical (unpaired) electrons. The summed E-state index contributed by atoms with van der Waals surface area (Å²) in [7, 11) is 2.07. The van der Waals surface area contributed by atoms with Crippen molar-refractivity contribution in [1.29, 1.82) is 0 Å². The van der Waals surface area contributed by atoms with Crippen LogP contribution < -0.4 is 5.32 Å². The predicted molar refractivity (Wildman–Crippen MR) is 69.7 cm³/mol. The molecule has 1 fully saturated rings. The minimum absolute atomic E-state index is 0.656. The van der Waals surface area contributed by atoms with Crippen molar-refractivity contribution in [2.24, 2.45) is 0 Å². The van der Waals surface area contributed by atoms with E-state index in [1.165, 1.54) is 35.8 Å². The van der Waals surface area contributed by atoms with Gasteiger partial charge in [-0.05, 0) is 49.2 Å². The van der Waals surface area contributed by atoms with Gasteiger partial charge in [-0.15, -0.1) is 0 Å². The van der Waals surface area contributed by atoms with Crippen molar-refractivity contribution in [1.82, 2.24) is 15.1 Å². The van der Waals surface area contributed by atoms with E-state index in [-0.39, 0.29) is 0 Å². The lowest BCUT2D eigenvalue weighted by Gasteiger charge is -2.29. The molecule has 1 aromatic heterocycles. The van der Waals surface area contributed by atoms with Gasteiger partial charge in [0.2, 0.25) is 0 Å². The highest BCUT2D eigenvalue weighted by atomic mass is 79.9. The minimum Gasteiger partial charge on any atom is -0.317 e. The van der Waals surface area contributed by atoms with Crippen molar-refractivity contribution in [3.63, 3.8) is 0 Å². The Hall–Kier alpha value is -0.350. The molecule has 2 unspecified atom stereocenters. The molecule has 3 nitrogen and oxygen atoms in total. The molecule has 0 aromatic carbocycles. The molecule has 0 bridgehead atoms. The first-order valence-corrected chi connectivity index (χ1v) is 6.94. The summed E-state index contributed by atoms with van der Waals surface area (Å²) >= 11 is 3.63. The first-order valence-electron chi connectivity index (χ1n) is 6.14. The molecule has 1 saturated carbocycles. The van der Waals surface area contributed by atoms with Crippen LogP contribution in [-0.4, -0.2) is 22.9 Å². The maximum Gasteiger partial charge on any atom is 0.0635 e. The average molecular weight is 286 g/mol. The van der Waals surface area contributed by atoms with Crippen molar-refractivity contribution in [2.45, 2.75) is 51.1 Å². The van der Waals surface area contributed by atoms with E-state index in [1.807, 2.05) is 6.20 Å². The number of hydrogen-bond donors (Lipinski definition) is 1. The molecule has 0 amide bonds. The Bertz CT molecular complexity index is 348. The molecule has 1 aliphatic carbocycles. The van der Waals surface area contributed by atoms with Crippen LogP contribution in [0.1, 0.15) is 44.2 Å². The summed E-state index contributed by atoms with van der Waals surface area (Å²) < 4.78 is 3.31. The third-order valence-electron chi connectivity index (χ3n) is 3.60. The second kappa shape index (κ2) is 5.32. The first-order chi connectivity index (χ1) is 7.76. The van der Waals surface area contributed by atoms with Crippen LogP contribution >= 0.6 is 15.9 Å². The SMILES string of the molecule is CCn1ncc(Br)c1C1CCCC(NC)C1. The quantitative estimate of drug-likeness (QED) is 0.926. The molecule has 0 saturated heterocycles. The Morgan fingerprint density at radius 3 is 3.06 bits per heavy atom. The van der Waals surface area contributed by atoms with Gasteiger partial charge in [-0.3, -0.25) is 4.68 Å². The molecular weight excluding hydrogens is 266 g/mol. The zero-order valence-electron chi connectivity index (χ0n) is 10.0. The van der Waals surface area contributed by atoms with Crippen LogP contribution in [0.4, 0.5) is 0 Å². The smallest absolute Gasteiger partial charge is 0.0635 e. The normalized spacial score (nSPS) is 25.9. The van der Waals surface area contributed by atoms with Gasteiger partial charge in [-0.25, -0.2) is 0 Å². The number of nitrogens with zero attached hydrogens (tertiary/aromatic N) is 2. The van der Waals surface area contributed by atoms with E-state index in [2.05, 4.69) is 45.0 Å². The monoisotopic (exact) mass is 285 g/mol. The lowest BCUT2D eigenvalue weighted by atomic mass is 9.84. The van der Waals surface area contributed by atoms with Gasteiger partial charge >= 0.3 is 0 Å². The Labute approximate surface area is 106 Å². The molecule has 0 spiro atoms. The molecule has 1 N–H and O–H groups in total. The summed E-state index contributed by atoms with van der Waals surface area (Å²) in [5, 5.41) is 7.82. The Balaban J connectivity index is 2.19. The van der Waals surface area contributed by atoms with E-state index in [4.69, 9.17) is 0 Å². The fourth-order valence-electron chi connectivity index (χ4n) is 2.73. The second-order valence-electron chi connectivity index (χ2n) is 4.54. The molecule has 16 heavy (non-hydrogen) atoms. The summed E-state index contributed by atoms with van der Waals surface area (Å²) in [4.78, 5) is 0. The summed E-state index contributed by atoms with van der Waals surface area (Å²) in [5.74, 6) is 0.656. The van der Waals surface area contributed by atoms with Crippen LogP contribution in [0.15, 0.2) is 10.7 Å². The fourth-order valence-corrected chi connectivity index (χ4v) is 3.35. The summed E-state index contributed by atoms with van der Waals surface area (Å²) in [6.45, 7) is 3.11. The Kier molecular flexibility index (Phi) is 4.03. The molecule has 4 heteroatoms. The third kappa shape index (κ3) is 2.33. The topological polar surface area (TPSA) is 29.9 Å². The van der Waals surface area contributed by atoms with Gasteiger partial charge < -0.3 is 5.32 Å². The van der Waals surface area contributed by atoms with Gasteiger partial charge in [0.1, 0.15) is 0 Å². The van der Waals surface area contributed by atoms with E-state index in [1.54, 1.807) is 0 Å². The summed E-state index contributed by atoms with van der Waals surface area (Å²) in [6, 6.07) is 0.672. The lowest BCUT2D eigenvalue weighted by Crippen LogP contribution is -2.31. The van der Waals surface area contributed by atoms with Crippen LogP contribution in [0.3, 0.4) is 0 Å². The van der Waals surface area contributed by atoms with Crippen molar-refractivity contribution >= 4 is 15.9 Å². The van der Waals surface area contributed by atoms with Crippen molar-refractivity contribution < 1.29 is 0 Å². The van der Waals surface area contributed by atoms with E-state index in [0.717, 1.165) is 6.54 Å². The van der Waals surface area contributed by atoms with Crippen molar-refractivity contribution in [3.8, 4) is 0 Å². The first kappa shape index (κ1) is 12.1. The molecule has 1 heterocycles. The molecule has 0 aliphatic heterocycles. The van der Waals surface area contributed by atoms with Gasteiger partial charge in [0.25, 0.3) is 0 Å². The van der Waals surface area contributed by atoms with Gasteiger partial charge in [0.05, 0.1) is 16.4 Å². The Morgan fingerprint density at radius 2 is 2.38 bits per heavy atom. The van der Waals surface area contributed by atoms with Crippen LogP contribution in [0.2, 0.25) is 0 Å². The number of halogens is 1. The molecule has 2 atom stereocenters. The molecule has 1 aromatic rings. The van der Waals surface area contributed by atoms with Crippen LogP contribution in [-0.2, 0) is 6.54 Å². The number of hydrogen-bond acceptors (Lipinski definition) is 2. The molecule has 2 rings (SSSR count). The largest absolute Gasteiger partial charge is 0.317 e. The van der Waals surface area contributed by atoms with Crippen molar-refractivity contribution in [3.05, 3.63) is 16.4 Å². The van der Waals surface area contributed by atoms with Gasteiger partial charge in [-0.1, -0.05) is 6.42 Å². The second-order valence-corrected chi connectivity index (χ2v) is 5.40. The average Bonchev–Trinajstić information content (AvgIpc) is 2.70. The highest BCUT2D eigenvalue weighted by Crippen LogP contribution is 2.36. The van der Waals surface area contributed by atoms with Gasteiger partial charge in [0.15, 0.2) is 0 Å². The van der Waals surface area contributed by atoms with Crippen LogP contribution in [0, 0.1) is 0 Å². The summed E-state index contributed by atoms with van der Waals surface area (Å²) in [6.07, 6.45) is 7.09. The third-order valence-corrected chi connectivity index (χ3v) is 4.21. The summed E-state index contributed by atoms with van der Waals surface area (Å²) in [5.41, 5.74) is 1.39. The predicted octanol–water partition coefficient (Wildman–Crippen LogP) is 2.91. The zero-order chi connectivity index (χ0) is 11.5. The van der Waals surface area contributed by atoms with Crippen molar-refractivity contribution in [2.75, 3.05) is 7.05 Å². The van der Waals surface area contributed by atoms with Crippen LogP contribution in [0.5, 0.6) is 0 Å². The van der Waals surface area contributed by atoms with Gasteiger partial charge in [0, 0.05) is 18.5 Å². The maximum atomic E-state index is 4.41. The highest BCUT2D eigenvalue weighted by Gasteiger charge is 2.26. The minimum atomic E-state index is 0.656. The fraction of sp³-hybridized carbons (Fsp3) is 0.750. The molecule has 1 aliphatic rings. The zero-order valence-corrected chi connectivity index (χ0v) is 11.6. The van der Waals surface area contributed by atoms with Crippen LogP contribution in [0.25, 0.3) is 0 Å². The number of rotatable bonds is 3. The lowest BCUT2D eigenvalue weighted by molar-refractivity contribution is 0.342. The molecule has 90 valence electrons. The van der Waals surface area contributed by atoms with E-state index in [0.29, 0.717) is 12.0 Å². The molecular formula is C12H20BrN3. The Morgan fingerprint density at radius 1 is 1.56 bits per heavy atom. The van der Waals surface area contributed by atoms with E-state index in [9.17, 15) is 0 Å². The highest BCUT2D eigenvalue weighted by molar-refractivity contribution is 9.10. The number of aromatic nitrogens is 2. The van der Waals surface area contributed by atoms with E-state index < -0.39 is 0 Å². The van der Waals surface area contributed by atoms with Gasteiger partial charge in [-0.2, -0.15) is 5.10 Å². The number of nitrogens with one attached hydrogen (secondary N) is 1. The maximum absolute atomic E-state index is 4.41. The number of aryl methyl sites for hydroxylation is 1.